The molecule has 41 heavy (non-hydrogen) atoms. The number of ether oxygens (including phenoxy) is 2. The molecule has 1 aromatic heterocycles. The summed E-state index contributed by atoms with van der Waals surface area (Å²) < 4.78 is 34.1. The fourth-order valence-electron chi connectivity index (χ4n) is 5.31. The molecule has 1 aromatic carbocycles. The van der Waals surface area contributed by atoms with E-state index in [9.17, 15) is 18.7 Å². The Kier molecular flexibility index (Phi) is 13.9. The Morgan fingerprint density at radius 1 is 1.10 bits per heavy atom. The first-order valence-corrected chi connectivity index (χ1v) is 15.0. The number of aryl methyl sites for hydroxylation is 2. The van der Waals surface area contributed by atoms with Gasteiger partial charge in [0.1, 0.15) is 11.9 Å². The number of aromatic nitrogens is 1. The number of pyridine rings is 1. The van der Waals surface area contributed by atoms with Gasteiger partial charge in [0.2, 0.25) is 6.43 Å². The number of carboxylic acids is 1. The number of hydrogen-bond donors (Lipinski definition) is 2. The average Bonchev–Trinajstić information content (AvgIpc) is 3.50. The van der Waals surface area contributed by atoms with Gasteiger partial charge in [-0.2, -0.15) is 0 Å². The highest BCUT2D eigenvalue weighted by atomic mass is 19.3. The number of anilines is 1. The normalized spacial score (nSPS) is 17.0. The Bertz CT molecular complexity index is 1080. The minimum atomic E-state index is -2.17. The van der Waals surface area contributed by atoms with E-state index in [1.807, 2.05) is 38.1 Å². The number of halogens is 2. The third-order valence-corrected chi connectivity index (χ3v) is 7.63. The minimum absolute atomic E-state index is 0.00317. The summed E-state index contributed by atoms with van der Waals surface area (Å²) in [6, 6.07) is 9.61. The molecular formula is C32H47F2N3O4. The van der Waals surface area contributed by atoms with Gasteiger partial charge in [0.25, 0.3) is 0 Å². The van der Waals surface area contributed by atoms with E-state index in [-0.39, 0.29) is 6.42 Å². The van der Waals surface area contributed by atoms with Crippen molar-refractivity contribution in [3.63, 3.8) is 0 Å². The second kappa shape index (κ2) is 17.4. The molecule has 0 spiro atoms. The monoisotopic (exact) mass is 575 g/mol. The number of carboxylic acid groups (broad SMARTS) is 1. The van der Waals surface area contributed by atoms with Crippen LogP contribution in [0.25, 0.3) is 0 Å². The van der Waals surface area contributed by atoms with Crippen LogP contribution < -0.4 is 5.32 Å². The van der Waals surface area contributed by atoms with Crippen LogP contribution in [0.3, 0.4) is 0 Å². The quantitative estimate of drug-likeness (QED) is 0.333. The van der Waals surface area contributed by atoms with Crippen molar-refractivity contribution in [3.05, 3.63) is 58.3 Å². The third kappa shape index (κ3) is 10.6. The lowest BCUT2D eigenvalue weighted by atomic mass is 9.92. The lowest BCUT2D eigenvalue weighted by Gasteiger charge is -2.28. The van der Waals surface area contributed by atoms with Gasteiger partial charge in [-0.3, -0.25) is 9.69 Å². The first-order chi connectivity index (χ1) is 19.8. The van der Waals surface area contributed by atoms with Gasteiger partial charge in [0.15, 0.2) is 0 Å². The molecule has 228 valence electrons. The van der Waals surface area contributed by atoms with Crippen LogP contribution in [0.1, 0.15) is 86.4 Å². The number of methoxy groups -OCH3 is 1. The summed E-state index contributed by atoms with van der Waals surface area (Å²) in [7, 11) is 1.70. The largest absolute Gasteiger partial charge is 0.480 e. The maximum absolute atomic E-state index is 12.0. The van der Waals surface area contributed by atoms with E-state index in [2.05, 4.69) is 21.3 Å². The number of alkyl halides is 2. The zero-order chi connectivity index (χ0) is 29.6. The molecule has 5 rings (SSSR count). The number of carbonyl (C=O) groups is 1. The van der Waals surface area contributed by atoms with E-state index in [1.165, 1.54) is 11.1 Å². The Hall–Kier alpha value is -2.62. The summed E-state index contributed by atoms with van der Waals surface area (Å²) in [6.07, 6.45) is 5.63. The molecule has 3 aliphatic heterocycles. The van der Waals surface area contributed by atoms with E-state index in [4.69, 9.17) is 9.47 Å². The van der Waals surface area contributed by atoms with E-state index in [0.29, 0.717) is 25.7 Å². The molecule has 1 fully saturated rings. The van der Waals surface area contributed by atoms with Crippen LogP contribution in [0, 0.1) is 0 Å². The summed E-state index contributed by atoms with van der Waals surface area (Å²) >= 11 is 0. The SMILES string of the molecule is COC(C)C.FC(F)CCCCc1ccc2c(n1)NCCC2.O=C(O)C(c1cccc2c1CCOC2)N1CCCC1. The highest BCUT2D eigenvalue weighted by Crippen LogP contribution is 2.31. The lowest BCUT2D eigenvalue weighted by Crippen LogP contribution is -2.33. The standard InChI is InChI=1S/C15H19NO3.C13H18F2N2.C4H10O/c17-15(18)14(16-7-1-2-8-16)13-5-3-4-11-10-19-9-6-12(11)13;14-12(15)6-2-1-5-11-8-7-10-4-3-9-16-13(10)17-11;1-4(2)5-3/h3-5,14H,1-2,6-10H2,(H,17,18);7-8,12H,1-6,9H2,(H,16,17);4H,1-3H3. The van der Waals surface area contributed by atoms with Crippen LogP contribution in [0.2, 0.25) is 0 Å². The summed E-state index contributed by atoms with van der Waals surface area (Å²) in [4.78, 5) is 18.3. The number of hydrogen-bond acceptors (Lipinski definition) is 6. The number of unbranched alkanes of at least 4 members (excludes halogenated alkanes) is 1. The Labute approximate surface area is 243 Å². The second-order valence-electron chi connectivity index (χ2n) is 11.0. The van der Waals surface area contributed by atoms with Gasteiger partial charge in [-0.15, -0.1) is 0 Å². The molecule has 2 N–H and O–H groups in total. The Morgan fingerprint density at radius 2 is 1.85 bits per heavy atom. The second-order valence-corrected chi connectivity index (χ2v) is 11.0. The fourth-order valence-corrected chi connectivity index (χ4v) is 5.31. The number of rotatable bonds is 9. The van der Waals surface area contributed by atoms with Gasteiger partial charge < -0.3 is 19.9 Å². The zero-order valence-electron chi connectivity index (χ0n) is 24.8. The summed E-state index contributed by atoms with van der Waals surface area (Å²) in [5.74, 6) is 0.254. The maximum Gasteiger partial charge on any atom is 0.325 e. The number of benzene rings is 1. The molecule has 2 aromatic rings. The molecule has 1 unspecified atom stereocenters. The summed E-state index contributed by atoms with van der Waals surface area (Å²) in [6.45, 7) is 8.05. The Balaban J connectivity index is 0.000000195. The van der Waals surface area contributed by atoms with Gasteiger partial charge in [-0.1, -0.05) is 24.3 Å². The number of nitrogens with one attached hydrogen (secondary N) is 1. The van der Waals surface area contributed by atoms with E-state index < -0.39 is 18.4 Å². The number of fused-ring (bicyclic) bond motifs is 2. The lowest BCUT2D eigenvalue weighted by molar-refractivity contribution is -0.143. The van der Waals surface area contributed by atoms with Crippen molar-refractivity contribution < 1.29 is 28.2 Å². The molecule has 7 nitrogen and oxygen atoms in total. The van der Waals surface area contributed by atoms with Crippen molar-refractivity contribution in [2.24, 2.45) is 0 Å². The van der Waals surface area contributed by atoms with Crippen LogP contribution in [0.5, 0.6) is 0 Å². The highest BCUT2D eigenvalue weighted by Gasteiger charge is 2.32. The molecule has 0 aliphatic carbocycles. The van der Waals surface area contributed by atoms with E-state index in [1.54, 1.807) is 7.11 Å². The van der Waals surface area contributed by atoms with Crippen molar-refractivity contribution in [2.75, 3.05) is 38.7 Å². The maximum atomic E-state index is 12.0. The van der Waals surface area contributed by atoms with Crippen LogP contribution in [0.15, 0.2) is 30.3 Å². The van der Waals surface area contributed by atoms with Gasteiger partial charge >= 0.3 is 5.97 Å². The predicted octanol–water partition coefficient (Wildman–Crippen LogP) is 6.44. The fraction of sp³-hybridized carbons (Fsp3) is 0.625. The summed E-state index contributed by atoms with van der Waals surface area (Å²) in [5, 5.41) is 12.9. The van der Waals surface area contributed by atoms with Gasteiger partial charge in [-0.25, -0.2) is 13.8 Å². The van der Waals surface area contributed by atoms with Crippen molar-refractivity contribution in [1.82, 2.24) is 9.88 Å². The molecule has 0 saturated carbocycles. The molecule has 4 heterocycles. The average molecular weight is 576 g/mol. The van der Waals surface area contributed by atoms with Gasteiger partial charge in [-0.05, 0) is 107 Å². The van der Waals surface area contributed by atoms with Crippen LogP contribution in [-0.4, -0.2) is 66.8 Å². The molecule has 0 bridgehead atoms. The van der Waals surface area contributed by atoms with Gasteiger partial charge in [0.05, 0.1) is 19.3 Å². The number of aliphatic carboxylic acids is 1. The van der Waals surface area contributed by atoms with E-state index >= 15 is 0 Å². The molecule has 1 atom stereocenters. The molecule has 0 radical (unpaired) electrons. The smallest absolute Gasteiger partial charge is 0.325 e. The molecule has 0 amide bonds. The molecular weight excluding hydrogens is 528 g/mol. The highest BCUT2D eigenvalue weighted by molar-refractivity contribution is 5.76. The van der Waals surface area contributed by atoms with Crippen molar-refractivity contribution in [2.45, 2.75) is 96.8 Å². The van der Waals surface area contributed by atoms with Crippen LogP contribution >= 0.6 is 0 Å². The van der Waals surface area contributed by atoms with Crippen LogP contribution in [-0.2, 0) is 40.1 Å². The molecule has 1 saturated heterocycles. The van der Waals surface area contributed by atoms with Crippen LogP contribution in [0.4, 0.5) is 14.6 Å². The molecule has 9 heteroatoms. The Morgan fingerprint density at radius 3 is 2.54 bits per heavy atom. The number of likely N-dealkylation sites (tertiary alicyclic amines) is 1. The predicted molar refractivity (Wildman–Crippen MR) is 158 cm³/mol. The first kappa shape index (κ1) is 32.9. The zero-order valence-corrected chi connectivity index (χ0v) is 24.8. The van der Waals surface area contributed by atoms with Crippen molar-refractivity contribution in [3.8, 4) is 0 Å². The minimum Gasteiger partial charge on any atom is -0.480 e. The topological polar surface area (TPSA) is 83.9 Å². The first-order valence-electron chi connectivity index (χ1n) is 15.0. The van der Waals surface area contributed by atoms with E-state index in [0.717, 1.165) is 87.2 Å². The number of nitrogens with zero attached hydrogens (tertiary/aromatic N) is 2. The van der Waals surface area contributed by atoms with Crippen molar-refractivity contribution >= 4 is 11.8 Å². The molecule has 3 aliphatic rings. The van der Waals surface area contributed by atoms with Gasteiger partial charge in [0, 0.05) is 25.8 Å². The summed E-state index contributed by atoms with van der Waals surface area (Å²) in [5.41, 5.74) is 5.58. The van der Waals surface area contributed by atoms with Crippen molar-refractivity contribution in [1.29, 1.82) is 0 Å². The third-order valence-electron chi connectivity index (χ3n) is 7.63.